The van der Waals surface area contributed by atoms with Gasteiger partial charge in [-0.2, -0.15) is 0 Å². The molecule has 0 spiro atoms. The first-order valence-electron chi connectivity index (χ1n) is 6.42. The van der Waals surface area contributed by atoms with Gasteiger partial charge in [-0.1, -0.05) is 6.07 Å². The molecule has 0 bridgehead atoms. The molecule has 1 aromatic carbocycles. The highest BCUT2D eigenvalue weighted by molar-refractivity contribution is 6.65. The number of halogens is 1. The van der Waals surface area contributed by atoms with E-state index in [2.05, 4.69) is 4.98 Å². The number of nitrogens with one attached hydrogen (secondary N) is 1. The Hall–Kier alpha value is -1.33. The minimum Gasteiger partial charge on any atom is -0.399 e. The van der Waals surface area contributed by atoms with Crippen LogP contribution in [0, 0.1) is 5.82 Å². The lowest BCUT2D eigenvalue weighted by molar-refractivity contribution is 0.00578. The lowest BCUT2D eigenvalue weighted by Gasteiger charge is -2.32. The predicted molar refractivity (Wildman–Crippen MR) is 74.0 cm³/mol. The van der Waals surface area contributed by atoms with Gasteiger partial charge in [-0.3, -0.25) is 0 Å². The van der Waals surface area contributed by atoms with Gasteiger partial charge in [0.25, 0.3) is 0 Å². The summed E-state index contributed by atoms with van der Waals surface area (Å²) in [7, 11) is -0.427. The Morgan fingerprint density at radius 2 is 1.74 bits per heavy atom. The highest BCUT2D eigenvalue weighted by Crippen LogP contribution is 2.37. The third-order valence-corrected chi connectivity index (χ3v) is 4.18. The Labute approximate surface area is 112 Å². The van der Waals surface area contributed by atoms with E-state index >= 15 is 0 Å². The first kappa shape index (κ1) is 12.7. The molecule has 0 atom stereocenters. The molecule has 1 aliphatic rings. The molecular weight excluding hydrogens is 244 g/mol. The number of hydrogen-bond acceptors (Lipinski definition) is 2. The number of H-pyrrole nitrogens is 1. The Morgan fingerprint density at radius 1 is 1.11 bits per heavy atom. The van der Waals surface area contributed by atoms with Gasteiger partial charge < -0.3 is 14.3 Å². The zero-order chi connectivity index (χ0) is 13.8. The van der Waals surface area contributed by atoms with Gasteiger partial charge in [-0.15, -0.1) is 0 Å². The fourth-order valence-electron chi connectivity index (χ4n) is 2.29. The summed E-state index contributed by atoms with van der Waals surface area (Å²) in [6, 6.07) is 4.68. The fraction of sp³-hybridized carbons (Fsp3) is 0.429. The summed E-state index contributed by atoms with van der Waals surface area (Å²) in [6.07, 6.45) is 1.83. The third kappa shape index (κ3) is 1.88. The summed E-state index contributed by atoms with van der Waals surface area (Å²) >= 11 is 0. The molecule has 0 aliphatic carbocycles. The van der Waals surface area contributed by atoms with E-state index in [1.165, 1.54) is 12.1 Å². The molecule has 1 aromatic heterocycles. The van der Waals surface area contributed by atoms with E-state index in [4.69, 9.17) is 9.31 Å². The van der Waals surface area contributed by atoms with E-state index in [1.807, 2.05) is 33.9 Å². The van der Waals surface area contributed by atoms with Crippen LogP contribution >= 0.6 is 0 Å². The van der Waals surface area contributed by atoms with E-state index in [9.17, 15) is 4.39 Å². The third-order valence-electron chi connectivity index (χ3n) is 4.18. The van der Waals surface area contributed by atoms with Crippen LogP contribution in [0.5, 0.6) is 0 Å². The van der Waals surface area contributed by atoms with E-state index in [0.29, 0.717) is 0 Å². The van der Waals surface area contributed by atoms with E-state index in [1.54, 1.807) is 6.07 Å². The van der Waals surface area contributed by atoms with E-state index in [0.717, 1.165) is 16.4 Å². The van der Waals surface area contributed by atoms with Gasteiger partial charge >= 0.3 is 7.12 Å². The lowest BCUT2D eigenvalue weighted by Crippen LogP contribution is -2.41. The van der Waals surface area contributed by atoms with Crippen LogP contribution in [0.3, 0.4) is 0 Å². The second kappa shape index (κ2) is 3.84. The van der Waals surface area contributed by atoms with Crippen LogP contribution in [0.15, 0.2) is 24.4 Å². The van der Waals surface area contributed by atoms with Crippen molar-refractivity contribution in [2.45, 2.75) is 38.9 Å². The first-order valence-corrected chi connectivity index (χ1v) is 6.42. The van der Waals surface area contributed by atoms with Crippen molar-refractivity contribution in [1.29, 1.82) is 0 Å². The van der Waals surface area contributed by atoms with Crippen LogP contribution in [0.4, 0.5) is 4.39 Å². The van der Waals surface area contributed by atoms with Crippen molar-refractivity contribution in [1.82, 2.24) is 4.98 Å². The molecule has 1 N–H and O–H groups in total. The van der Waals surface area contributed by atoms with Crippen molar-refractivity contribution < 1.29 is 13.7 Å². The van der Waals surface area contributed by atoms with Gasteiger partial charge in [0.1, 0.15) is 5.82 Å². The van der Waals surface area contributed by atoms with E-state index in [-0.39, 0.29) is 17.0 Å². The average molecular weight is 261 g/mol. The summed E-state index contributed by atoms with van der Waals surface area (Å²) in [4.78, 5) is 3.06. The Morgan fingerprint density at radius 3 is 2.37 bits per heavy atom. The SMILES string of the molecule is CC1(C)OB(c2c[nH]c3cc(F)ccc23)OC1(C)C. The summed E-state index contributed by atoms with van der Waals surface area (Å²) < 4.78 is 25.2. The minimum absolute atomic E-state index is 0.255. The molecule has 3 nitrogen and oxygen atoms in total. The number of aromatic amines is 1. The van der Waals surface area contributed by atoms with Gasteiger partial charge in [0.15, 0.2) is 0 Å². The molecule has 5 heteroatoms. The maximum absolute atomic E-state index is 13.2. The highest BCUT2D eigenvalue weighted by atomic mass is 19.1. The molecule has 2 heterocycles. The van der Waals surface area contributed by atoms with Crippen molar-refractivity contribution in [3.05, 3.63) is 30.2 Å². The quantitative estimate of drug-likeness (QED) is 0.800. The molecule has 2 aromatic rings. The van der Waals surface area contributed by atoms with Crippen molar-refractivity contribution in [3.63, 3.8) is 0 Å². The summed E-state index contributed by atoms with van der Waals surface area (Å²) in [5.74, 6) is -0.255. The summed E-state index contributed by atoms with van der Waals surface area (Å²) in [5.41, 5.74) is 0.918. The van der Waals surface area contributed by atoms with Crippen molar-refractivity contribution in [2.24, 2.45) is 0 Å². The normalized spacial score (nSPS) is 21.2. The summed E-state index contributed by atoms with van der Waals surface area (Å²) in [6.45, 7) is 8.06. The molecule has 0 saturated carbocycles. The van der Waals surface area contributed by atoms with Crippen LogP contribution in [0.25, 0.3) is 10.9 Å². The first-order chi connectivity index (χ1) is 8.80. The highest BCUT2D eigenvalue weighted by Gasteiger charge is 2.52. The molecular formula is C14H17BFNO2. The second-order valence-electron chi connectivity index (χ2n) is 6.02. The van der Waals surface area contributed by atoms with Crippen LogP contribution in [0.2, 0.25) is 0 Å². The maximum atomic E-state index is 13.2. The van der Waals surface area contributed by atoms with Crippen molar-refractivity contribution in [3.8, 4) is 0 Å². The summed E-state index contributed by atoms with van der Waals surface area (Å²) in [5, 5.41) is 0.930. The number of aromatic nitrogens is 1. The number of benzene rings is 1. The van der Waals surface area contributed by atoms with Gasteiger partial charge in [0, 0.05) is 17.2 Å². The number of fused-ring (bicyclic) bond motifs is 1. The van der Waals surface area contributed by atoms with Crippen LogP contribution in [0.1, 0.15) is 27.7 Å². The largest absolute Gasteiger partial charge is 0.497 e. The van der Waals surface area contributed by atoms with Crippen molar-refractivity contribution >= 4 is 23.5 Å². The number of hydrogen-bond donors (Lipinski definition) is 1. The Balaban J connectivity index is 2.03. The zero-order valence-corrected chi connectivity index (χ0v) is 11.6. The monoisotopic (exact) mass is 261 g/mol. The standard InChI is InChI=1S/C14H17BFNO2/c1-13(2)14(3,4)19-15(18-13)11-8-17-12-7-9(16)5-6-10(11)12/h5-8,17H,1-4H3. The topological polar surface area (TPSA) is 34.2 Å². The maximum Gasteiger partial charge on any atom is 0.497 e. The number of rotatable bonds is 1. The molecule has 3 rings (SSSR count). The molecule has 0 amide bonds. The van der Waals surface area contributed by atoms with Gasteiger partial charge in [0.05, 0.1) is 11.2 Å². The zero-order valence-electron chi connectivity index (χ0n) is 11.6. The Kier molecular flexibility index (Phi) is 2.56. The molecule has 1 saturated heterocycles. The Bertz CT molecular complexity index is 619. The molecule has 1 aliphatic heterocycles. The fourth-order valence-corrected chi connectivity index (χ4v) is 2.29. The molecule has 1 fully saturated rings. The van der Waals surface area contributed by atoms with Gasteiger partial charge in [-0.05, 0) is 45.2 Å². The second-order valence-corrected chi connectivity index (χ2v) is 6.02. The van der Waals surface area contributed by atoms with Gasteiger partial charge in [-0.25, -0.2) is 4.39 Å². The minimum atomic E-state index is -0.427. The van der Waals surface area contributed by atoms with Crippen molar-refractivity contribution in [2.75, 3.05) is 0 Å². The molecule has 0 unspecified atom stereocenters. The predicted octanol–water partition coefficient (Wildman–Crippen LogP) is 2.61. The van der Waals surface area contributed by atoms with Crippen LogP contribution in [-0.2, 0) is 9.31 Å². The molecule has 100 valence electrons. The van der Waals surface area contributed by atoms with E-state index < -0.39 is 7.12 Å². The van der Waals surface area contributed by atoms with Crippen LogP contribution in [-0.4, -0.2) is 23.3 Å². The average Bonchev–Trinajstić information content (AvgIpc) is 2.77. The van der Waals surface area contributed by atoms with Gasteiger partial charge in [0.2, 0.25) is 0 Å². The smallest absolute Gasteiger partial charge is 0.399 e. The van der Waals surface area contributed by atoms with Crippen LogP contribution < -0.4 is 5.46 Å². The molecule has 19 heavy (non-hydrogen) atoms. The molecule has 0 radical (unpaired) electrons. The lowest BCUT2D eigenvalue weighted by atomic mass is 9.79.